The molecule has 2 aliphatic carbocycles. The highest BCUT2D eigenvalue weighted by Crippen LogP contribution is 2.51. The Kier molecular flexibility index (Phi) is 5.41. The molecule has 0 aromatic carbocycles. The summed E-state index contributed by atoms with van der Waals surface area (Å²) in [5.41, 5.74) is 0.124. The summed E-state index contributed by atoms with van der Waals surface area (Å²) in [6.45, 7) is 12.2. The Bertz CT molecular complexity index is 383. The fraction of sp³-hybridized carbons (Fsp3) is 0.944. The molecule has 2 N–H and O–H groups in total. The summed E-state index contributed by atoms with van der Waals surface area (Å²) in [6, 6.07) is 0.547. The van der Waals surface area contributed by atoms with Gasteiger partial charge in [-0.1, -0.05) is 20.3 Å². The summed E-state index contributed by atoms with van der Waals surface area (Å²) < 4.78 is 5.32. The van der Waals surface area contributed by atoms with Gasteiger partial charge in [0.1, 0.15) is 5.60 Å². The second-order valence-electron chi connectivity index (χ2n) is 8.58. The average Bonchev–Trinajstić information content (AvgIpc) is 3.05. The van der Waals surface area contributed by atoms with E-state index in [9.17, 15) is 4.79 Å². The molecule has 0 heterocycles. The predicted octanol–water partition coefficient (Wildman–Crippen LogP) is 3.71. The van der Waals surface area contributed by atoms with Crippen LogP contribution >= 0.6 is 0 Å². The van der Waals surface area contributed by atoms with Gasteiger partial charge in [-0.15, -0.1) is 0 Å². The van der Waals surface area contributed by atoms with Crippen LogP contribution in [0.1, 0.15) is 66.7 Å². The van der Waals surface area contributed by atoms with Gasteiger partial charge in [0.2, 0.25) is 0 Å². The summed E-state index contributed by atoms with van der Waals surface area (Å²) in [5, 5.41) is 6.74. The molecule has 0 aromatic rings. The highest BCUT2D eigenvalue weighted by Gasteiger charge is 2.45. The van der Waals surface area contributed by atoms with Gasteiger partial charge in [-0.2, -0.15) is 0 Å². The first-order valence-corrected chi connectivity index (χ1v) is 8.92. The molecule has 4 nitrogen and oxygen atoms in total. The molecular formula is C18H34N2O2. The van der Waals surface area contributed by atoms with Crippen molar-refractivity contribution in [2.75, 3.05) is 13.1 Å². The third-order valence-electron chi connectivity index (χ3n) is 5.40. The topological polar surface area (TPSA) is 50.4 Å². The van der Waals surface area contributed by atoms with Crippen LogP contribution in [0.25, 0.3) is 0 Å². The van der Waals surface area contributed by atoms with Crippen molar-refractivity contribution in [2.45, 2.75) is 78.4 Å². The maximum absolute atomic E-state index is 11.8. The molecular weight excluding hydrogens is 276 g/mol. The van der Waals surface area contributed by atoms with Gasteiger partial charge in [0, 0.05) is 19.1 Å². The second-order valence-corrected chi connectivity index (χ2v) is 8.58. The lowest BCUT2D eigenvalue weighted by Crippen LogP contribution is -2.43. The molecule has 4 heteroatoms. The Balaban J connectivity index is 1.73. The van der Waals surface area contributed by atoms with E-state index in [-0.39, 0.29) is 6.09 Å². The SMILES string of the molecule is CC(C)C1(CNC2CCCC2CNC(=O)OC(C)(C)C)CC1. The van der Waals surface area contributed by atoms with Crippen molar-refractivity contribution < 1.29 is 9.53 Å². The van der Waals surface area contributed by atoms with Crippen molar-refractivity contribution in [2.24, 2.45) is 17.3 Å². The molecule has 2 atom stereocenters. The molecule has 0 radical (unpaired) electrons. The molecule has 0 aliphatic heterocycles. The van der Waals surface area contributed by atoms with Crippen LogP contribution in [0, 0.1) is 17.3 Å². The third-order valence-corrected chi connectivity index (χ3v) is 5.40. The maximum atomic E-state index is 11.8. The Morgan fingerprint density at radius 3 is 2.50 bits per heavy atom. The van der Waals surface area contributed by atoms with Gasteiger partial charge in [0.25, 0.3) is 0 Å². The normalized spacial score (nSPS) is 27.0. The largest absolute Gasteiger partial charge is 0.444 e. The fourth-order valence-electron chi connectivity index (χ4n) is 3.53. The second kappa shape index (κ2) is 6.77. The van der Waals surface area contributed by atoms with Crippen LogP contribution in [0.4, 0.5) is 4.79 Å². The van der Waals surface area contributed by atoms with Gasteiger partial charge in [-0.3, -0.25) is 0 Å². The number of carbonyl (C=O) groups excluding carboxylic acids is 1. The quantitative estimate of drug-likeness (QED) is 0.786. The van der Waals surface area contributed by atoms with Crippen molar-refractivity contribution in [3.8, 4) is 0 Å². The Hall–Kier alpha value is -0.770. The van der Waals surface area contributed by atoms with E-state index in [4.69, 9.17) is 4.74 Å². The molecule has 1 amide bonds. The summed E-state index contributed by atoms with van der Waals surface area (Å²) >= 11 is 0. The molecule has 0 aromatic heterocycles. The van der Waals surface area contributed by atoms with Gasteiger partial charge in [-0.05, 0) is 63.7 Å². The maximum Gasteiger partial charge on any atom is 0.407 e. The molecule has 2 saturated carbocycles. The zero-order chi connectivity index (χ0) is 16.4. The molecule has 2 aliphatic rings. The van der Waals surface area contributed by atoms with Gasteiger partial charge < -0.3 is 15.4 Å². The van der Waals surface area contributed by atoms with Crippen LogP contribution in [-0.4, -0.2) is 30.8 Å². The van der Waals surface area contributed by atoms with E-state index >= 15 is 0 Å². The number of ether oxygens (including phenoxy) is 1. The van der Waals surface area contributed by atoms with E-state index in [0.717, 1.165) is 19.0 Å². The first kappa shape index (κ1) is 17.6. The number of rotatable bonds is 6. The number of carbonyl (C=O) groups is 1. The molecule has 2 fully saturated rings. The summed E-state index contributed by atoms with van der Waals surface area (Å²) in [6.07, 6.45) is 6.12. The lowest BCUT2D eigenvalue weighted by molar-refractivity contribution is 0.0517. The number of nitrogens with one attached hydrogen (secondary N) is 2. The van der Waals surface area contributed by atoms with Gasteiger partial charge in [-0.25, -0.2) is 4.79 Å². The van der Waals surface area contributed by atoms with E-state index in [1.807, 2.05) is 20.8 Å². The van der Waals surface area contributed by atoms with Crippen molar-refractivity contribution >= 4 is 6.09 Å². The third kappa shape index (κ3) is 4.87. The van der Waals surface area contributed by atoms with E-state index in [1.54, 1.807) is 0 Å². The minimum absolute atomic E-state index is 0.293. The first-order chi connectivity index (χ1) is 10.2. The lowest BCUT2D eigenvalue weighted by Gasteiger charge is -2.27. The Morgan fingerprint density at radius 2 is 1.95 bits per heavy atom. The van der Waals surface area contributed by atoms with Gasteiger partial charge in [0.15, 0.2) is 0 Å². The fourth-order valence-corrected chi connectivity index (χ4v) is 3.53. The molecule has 0 saturated heterocycles. The van der Waals surface area contributed by atoms with Gasteiger partial charge in [0.05, 0.1) is 0 Å². The lowest BCUT2D eigenvalue weighted by atomic mass is 9.91. The number of hydrogen-bond donors (Lipinski definition) is 2. The average molecular weight is 310 g/mol. The van der Waals surface area contributed by atoms with Crippen LogP contribution < -0.4 is 10.6 Å². The molecule has 22 heavy (non-hydrogen) atoms. The minimum atomic E-state index is -0.424. The Morgan fingerprint density at radius 1 is 1.27 bits per heavy atom. The van der Waals surface area contributed by atoms with Crippen LogP contribution in [0.2, 0.25) is 0 Å². The smallest absolute Gasteiger partial charge is 0.407 e. The summed E-state index contributed by atoms with van der Waals surface area (Å²) in [7, 11) is 0. The predicted molar refractivity (Wildman–Crippen MR) is 89.9 cm³/mol. The molecule has 0 spiro atoms. The molecule has 2 rings (SSSR count). The number of alkyl carbamates (subject to hydrolysis) is 1. The van der Waals surface area contributed by atoms with E-state index in [1.165, 1.54) is 32.1 Å². The van der Waals surface area contributed by atoms with Crippen molar-refractivity contribution in [3.05, 3.63) is 0 Å². The van der Waals surface area contributed by atoms with Crippen molar-refractivity contribution in [1.82, 2.24) is 10.6 Å². The van der Waals surface area contributed by atoms with Crippen LogP contribution in [0.3, 0.4) is 0 Å². The Labute approximate surface area is 135 Å². The van der Waals surface area contributed by atoms with Gasteiger partial charge >= 0.3 is 6.09 Å². The highest BCUT2D eigenvalue weighted by molar-refractivity contribution is 5.67. The first-order valence-electron chi connectivity index (χ1n) is 8.92. The van der Waals surface area contributed by atoms with E-state index < -0.39 is 5.60 Å². The summed E-state index contributed by atoms with van der Waals surface area (Å²) in [5.74, 6) is 1.30. The van der Waals surface area contributed by atoms with Crippen LogP contribution in [0.5, 0.6) is 0 Å². The zero-order valence-corrected chi connectivity index (χ0v) is 15.0. The zero-order valence-electron chi connectivity index (χ0n) is 15.0. The standard InChI is InChI=1S/C18H34N2O2/c1-13(2)18(9-10-18)12-20-15-8-6-7-14(15)11-19-16(21)22-17(3,4)5/h13-15,20H,6-12H2,1-5H3,(H,19,21). The van der Waals surface area contributed by atoms with Crippen molar-refractivity contribution in [3.63, 3.8) is 0 Å². The monoisotopic (exact) mass is 310 g/mol. The number of hydrogen-bond acceptors (Lipinski definition) is 3. The van der Waals surface area contributed by atoms with E-state index in [0.29, 0.717) is 17.4 Å². The van der Waals surface area contributed by atoms with Crippen molar-refractivity contribution in [1.29, 1.82) is 0 Å². The molecule has 128 valence electrons. The molecule has 2 unspecified atom stereocenters. The number of amides is 1. The highest BCUT2D eigenvalue weighted by atomic mass is 16.6. The van der Waals surface area contributed by atoms with Crippen LogP contribution in [-0.2, 0) is 4.74 Å². The van der Waals surface area contributed by atoms with Crippen LogP contribution in [0.15, 0.2) is 0 Å². The summed E-state index contributed by atoms with van der Waals surface area (Å²) in [4.78, 5) is 11.8. The van der Waals surface area contributed by atoms with E-state index in [2.05, 4.69) is 24.5 Å². The molecule has 0 bridgehead atoms. The minimum Gasteiger partial charge on any atom is -0.444 e.